The molecule has 31 heavy (non-hydrogen) atoms. The van der Waals surface area contributed by atoms with Crippen LogP contribution in [-0.4, -0.2) is 41.4 Å². The number of likely N-dealkylation sites (tertiary alicyclic amines) is 1. The lowest BCUT2D eigenvalue weighted by atomic mass is 9.75. The number of piperidine rings is 1. The van der Waals surface area contributed by atoms with Gasteiger partial charge in [-0.2, -0.15) is 0 Å². The van der Waals surface area contributed by atoms with Crippen LogP contribution in [0.5, 0.6) is 0 Å². The fourth-order valence-corrected chi connectivity index (χ4v) is 4.57. The highest BCUT2D eigenvalue weighted by Gasteiger charge is 2.45. The lowest BCUT2D eigenvalue weighted by Gasteiger charge is -2.45. The first-order valence-electron chi connectivity index (χ1n) is 10.9. The lowest BCUT2D eigenvalue weighted by Crippen LogP contribution is -2.63. The third-order valence-electron chi connectivity index (χ3n) is 6.78. The van der Waals surface area contributed by atoms with Crippen molar-refractivity contribution in [2.24, 2.45) is 5.73 Å². The lowest BCUT2D eigenvalue weighted by molar-refractivity contribution is -0.141. The Morgan fingerprint density at radius 3 is 2.35 bits per heavy atom. The molecule has 5 nitrogen and oxygen atoms in total. The first kappa shape index (κ1) is 23.3. The molecule has 2 atom stereocenters. The van der Waals surface area contributed by atoms with Gasteiger partial charge in [0.1, 0.15) is 0 Å². The number of rotatable bonds is 4. The summed E-state index contributed by atoms with van der Waals surface area (Å²) in [4.78, 5) is 27.8. The SMILES string of the molecule is Cc1ccc(C2CC(NC(=O)c3ccccc3)CN(C(=O)C3(N)CCC3)C2)cc1C.Cl. The first-order chi connectivity index (χ1) is 14.4. The zero-order chi connectivity index (χ0) is 21.3. The van der Waals surface area contributed by atoms with Crippen LogP contribution in [0.25, 0.3) is 0 Å². The number of nitrogens with zero attached hydrogens (tertiary/aromatic N) is 1. The molecule has 4 rings (SSSR count). The van der Waals surface area contributed by atoms with E-state index < -0.39 is 5.54 Å². The highest BCUT2D eigenvalue weighted by atomic mass is 35.5. The van der Waals surface area contributed by atoms with Gasteiger partial charge in [0.15, 0.2) is 0 Å². The third-order valence-corrected chi connectivity index (χ3v) is 6.78. The zero-order valence-corrected chi connectivity index (χ0v) is 19.1. The van der Waals surface area contributed by atoms with Gasteiger partial charge in [-0.1, -0.05) is 36.4 Å². The molecule has 2 fully saturated rings. The van der Waals surface area contributed by atoms with E-state index in [1.165, 1.54) is 16.7 Å². The van der Waals surface area contributed by atoms with E-state index in [2.05, 4.69) is 37.4 Å². The first-order valence-corrected chi connectivity index (χ1v) is 10.9. The van der Waals surface area contributed by atoms with Gasteiger partial charge in [0.2, 0.25) is 5.91 Å². The van der Waals surface area contributed by atoms with Gasteiger partial charge in [0.05, 0.1) is 5.54 Å². The summed E-state index contributed by atoms with van der Waals surface area (Å²) >= 11 is 0. The number of nitrogens with two attached hydrogens (primary N) is 1. The molecule has 1 aliphatic carbocycles. The largest absolute Gasteiger partial charge is 0.348 e. The molecular weight excluding hydrogens is 410 g/mol. The Labute approximate surface area is 190 Å². The second kappa shape index (κ2) is 9.41. The molecule has 0 radical (unpaired) electrons. The van der Waals surface area contributed by atoms with Crippen molar-refractivity contribution in [1.29, 1.82) is 0 Å². The van der Waals surface area contributed by atoms with Crippen molar-refractivity contribution in [2.45, 2.75) is 57.0 Å². The van der Waals surface area contributed by atoms with Gasteiger partial charge < -0.3 is 16.0 Å². The quantitative estimate of drug-likeness (QED) is 0.759. The van der Waals surface area contributed by atoms with Gasteiger partial charge in [-0.3, -0.25) is 9.59 Å². The second-order valence-electron chi connectivity index (χ2n) is 9.03. The predicted octanol–water partition coefficient (Wildman–Crippen LogP) is 3.72. The maximum absolute atomic E-state index is 13.2. The molecule has 6 heteroatoms. The van der Waals surface area contributed by atoms with E-state index in [9.17, 15) is 9.59 Å². The molecule has 1 saturated heterocycles. The Hall–Kier alpha value is -2.37. The molecular formula is C25H32ClN3O2. The molecule has 2 amide bonds. The minimum atomic E-state index is -0.723. The van der Waals surface area contributed by atoms with Crippen molar-refractivity contribution in [3.8, 4) is 0 Å². The van der Waals surface area contributed by atoms with Gasteiger partial charge in [-0.05, 0) is 68.4 Å². The van der Waals surface area contributed by atoms with E-state index in [1.807, 2.05) is 35.2 Å². The monoisotopic (exact) mass is 441 g/mol. The van der Waals surface area contributed by atoms with Crippen LogP contribution in [0, 0.1) is 13.8 Å². The molecule has 2 aromatic rings. The number of benzene rings is 2. The normalized spacial score (nSPS) is 22.1. The standard InChI is InChI=1S/C25H31N3O2.ClH/c1-17-9-10-20(13-18(17)2)21-14-22(27-23(29)19-7-4-3-5-8-19)16-28(15-21)24(30)25(26)11-6-12-25;/h3-5,7-10,13,21-22H,6,11-12,14-16,26H2,1-2H3,(H,27,29);1H. The number of aryl methyl sites for hydroxylation is 2. The van der Waals surface area contributed by atoms with Gasteiger partial charge >= 0.3 is 0 Å². The summed E-state index contributed by atoms with van der Waals surface area (Å²) in [7, 11) is 0. The third kappa shape index (κ3) is 4.94. The van der Waals surface area contributed by atoms with Crippen LogP contribution in [0.4, 0.5) is 0 Å². The summed E-state index contributed by atoms with van der Waals surface area (Å²) < 4.78 is 0. The van der Waals surface area contributed by atoms with Crippen molar-refractivity contribution in [2.75, 3.05) is 13.1 Å². The zero-order valence-electron chi connectivity index (χ0n) is 18.3. The Bertz CT molecular complexity index is 943. The molecule has 1 heterocycles. The molecule has 2 unspecified atom stereocenters. The van der Waals surface area contributed by atoms with Crippen molar-refractivity contribution in [3.05, 3.63) is 70.8 Å². The fourth-order valence-electron chi connectivity index (χ4n) is 4.57. The van der Waals surface area contributed by atoms with E-state index >= 15 is 0 Å². The van der Waals surface area contributed by atoms with Gasteiger partial charge in [0.25, 0.3) is 5.91 Å². The Kier molecular flexibility index (Phi) is 7.07. The highest BCUT2D eigenvalue weighted by Crippen LogP contribution is 2.34. The Morgan fingerprint density at radius 1 is 1.03 bits per heavy atom. The minimum absolute atomic E-state index is 0. The maximum atomic E-state index is 13.2. The summed E-state index contributed by atoms with van der Waals surface area (Å²) in [6.45, 7) is 5.38. The predicted molar refractivity (Wildman–Crippen MR) is 126 cm³/mol. The van der Waals surface area contributed by atoms with Crippen LogP contribution >= 0.6 is 12.4 Å². The average Bonchev–Trinajstić information content (AvgIpc) is 2.73. The van der Waals surface area contributed by atoms with E-state index in [1.54, 1.807) is 0 Å². The summed E-state index contributed by atoms with van der Waals surface area (Å²) in [6.07, 6.45) is 3.31. The topological polar surface area (TPSA) is 75.4 Å². The van der Waals surface area contributed by atoms with Crippen LogP contribution < -0.4 is 11.1 Å². The van der Waals surface area contributed by atoms with Crippen molar-refractivity contribution in [1.82, 2.24) is 10.2 Å². The average molecular weight is 442 g/mol. The number of hydrogen-bond donors (Lipinski definition) is 2. The van der Waals surface area contributed by atoms with Crippen molar-refractivity contribution in [3.63, 3.8) is 0 Å². The smallest absolute Gasteiger partial charge is 0.251 e. The number of nitrogens with one attached hydrogen (secondary N) is 1. The fraction of sp³-hybridized carbons (Fsp3) is 0.440. The highest BCUT2D eigenvalue weighted by molar-refractivity contribution is 5.94. The number of carbonyl (C=O) groups is 2. The molecule has 0 aromatic heterocycles. The van der Waals surface area contributed by atoms with Gasteiger partial charge in [-0.25, -0.2) is 0 Å². The Balaban J connectivity index is 0.00000272. The molecule has 1 saturated carbocycles. The van der Waals surface area contributed by atoms with Crippen LogP contribution in [0.3, 0.4) is 0 Å². The van der Waals surface area contributed by atoms with Crippen LogP contribution in [0.1, 0.15) is 58.6 Å². The molecule has 0 bridgehead atoms. The Morgan fingerprint density at radius 2 is 1.74 bits per heavy atom. The van der Waals surface area contributed by atoms with Crippen molar-refractivity contribution >= 4 is 24.2 Å². The van der Waals surface area contributed by atoms with Crippen LogP contribution in [0.2, 0.25) is 0 Å². The van der Waals surface area contributed by atoms with E-state index in [0.29, 0.717) is 18.7 Å². The molecule has 3 N–H and O–H groups in total. The number of amides is 2. The van der Waals surface area contributed by atoms with E-state index in [0.717, 1.165) is 25.7 Å². The molecule has 2 aliphatic rings. The van der Waals surface area contributed by atoms with Crippen LogP contribution in [0.15, 0.2) is 48.5 Å². The second-order valence-corrected chi connectivity index (χ2v) is 9.03. The summed E-state index contributed by atoms with van der Waals surface area (Å²) in [5.74, 6) is 0.104. The summed E-state index contributed by atoms with van der Waals surface area (Å²) in [5.41, 5.74) is 10.00. The summed E-state index contributed by atoms with van der Waals surface area (Å²) in [5, 5.41) is 3.16. The molecule has 1 aliphatic heterocycles. The number of hydrogen-bond acceptors (Lipinski definition) is 3. The van der Waals surface area contributed by atoms with Gasteiger partial charge in [0, 0.05) is 30.6 Å². The van der Waals surface area contributed by atoms with Gasteiger partial charge in [-0.15, -0.1) is 12.4 Å². The van der Waals surface area contributed by atoms with Crippen LogP contribution in [-0.2, 0) is 4.79 Å². The minimum Gasteiger partial charge on any atom is -0.348 e. The van der Waals surface area contributed by atoms with E-state index in [4.69, 9.17) is 5.73 Å². The van der Waals surface area contributed by atoms with Crippen molar-refractivity contribution < 1.29 is 9.59 Å². The van der Waals surface area contributed by atoms with E-state index in [-0.39, 0.29) is 36.2 Å². The molecule has 166 valence electrons. The number of carbonyl (C=O) groups excluding carboxylic acids is 2. The maximum Gasteiger partial charge on any atom is 0.251 e. The summed E-state index contributed by atoms with van der Waals surface area (Å²) in [6, 6.07) is 15.6. The number of halogens is 1. The molecule has 0 spiro atoms. The molecule has 2 aromatic carbocycles.